The minimum absolute atomic E-state index is 0.144. The topological polar surface area (TPSA) is 54.4 Å². The smallest absolute Gasteiger partial charge is 0.282 e. The predicted molar refractivity (Wildman–Crippen MR) is 96.8 cm³/mol. The molecule has 0 aliphatic carbocycles. The fourth-order valence-electron chi connectivity index (χ4n) is 2.69. The molecule has 0 unspecified atom stereocenters. The Morgan fingerprint density at radius 1 is 0.913 bits per heavy atom. The second kappa shape index (κ2) is 11.1. The summed E-state index contributed by atoms with van der Waals surface area (Å²) >= 11 is 6.08. The highest BCUT2D eigenvalue weighted by Gasteiger charge is 2.11. The predicted octanol–water partition coefficient (Wildman–Crippen LogP) is 6.05. The highest BCUT2D eigenvalue weighted by Crippen LogP contribution is 2.23. The monoisotopic (exact) mass is 360 g/mol. The van der Waals surface area contributed by atoms with Gasteiger partial charge in [-0.1, -0.05) is 82.4 Å². The van der Waals surface area contributed by atoms with Crippen LogP contribution in [0.5, 0.6) is 0 Å². The molecule has 3 nitrogen and oxygen atoms in total. The maximum Gasteiger partial charge on any atom is 0.294 e. The number of benzene rings is 1. The molecule has 1 aromatic rings. The maximum absolute atomic E-state index is 11.0. The lowest BCUT2D eigenvalue weighted by Crippen LogP contribution is -1.99. The van der Waals surface area contributed by atoms with E-state index in [1.165, 1.54) is 69.9 Å². The van der Waals surface area contributed by atoms with Gasteiger partial charge in [-0.25, -0.2) is 0 Å². The Bertz CT molecular complexity index is 555. The van der Waals surface area contributed by atoms with Crippen LogP contribution < -0.4 is 0 Å². The van der Waals surface area contributed by atoms with E-state index in [0.29, 0.717) is 5.02 Å². The molecule has 0 heterocycles. The highest BCUT2D eigenvalue weighted by molar-refractivity contribution is 7.85. The average Bonchev–Trinajstić information content (AvgIpc) is 2.49. The van der Waals surface area contributed by atoms with E-state index in [4.69, 9.17) is 16.2 Å². The molecule has 0 saturated carbocycles. The Balaban J connectivity index is 2.17. The first-order valence-corrected chi connectivity index (χ1v) is 10.5. The molecule has 0 aliphatic heterocycles. The number of halogens is 1. The summed E-state index contributed by atoms with van der Waals surface area (Å²) in [7, 11) is -4.17. The van der Waals surface area contributed by atoms with Crippen molar-refractivity contribution in [2.75, 3.05) is 0 Å². The molecule has 0 spiro atoms. The van der Waals surface area contributed by atoms with E-state index in [0.717, 1.165) is 18.4 Å². The summed E-state index contributed by atoms with van der Waals surface area (Å²) in [5.41, 5.74) is 0.943. The van der Waals surface area contributed by atoms with Crippen molar-refractivity contribution in [2.24, 2.45) is 0 Å². The van der Waals surface area contributed by atoms with Crippen molar-refractivity contribution in [3.63, 3.8) is 0 Å². The number of aryl methyl sites for hydroxylation is 1. The lowest BCUT2D eigenvalue weighted by atomic mass is 10.0. The second-order valence-corrected chi connectivity index (χ2v) is 7.99. The van der Waals surface area contributed by atoms with E-state index in [1.807, 2.05) is 0 Å². The molecule has 0 amide bonds. The van der Waals surface area contributed by atoms with Gasteiger partial charge in [0.2, 0.25) is 0 Å². The zero-order valence-corrected chi connectivity index (χ0v) is 15.6. The average molecular weight is 361 g/mol. The van der Waals surface area contributed by atoms with Gasteiger partial charge in [0.05, 0.1) is 4.90 Å². The molecular weight excluding hydrogens is 332 g/mol. The fraction of sp³-hybridized carbons (Fsp3) is 0.667. The SMILES string of the molecule is CCCCCCCCCCCCc1ccc(S(=O)(=O)O)cc1Cl. The van der Waals surface area contributed by atoms with Crippen molar-refractivity contribution >= 4 is 21.7 Å². The summed E-state index contributed by atoms with van der Waals surface area (Å²) in [6.07, 6.45) is 13.7. The van der Waals surface area contributed by atoms with Crippen LogP contribution in [0.3, 0.4) is 0 Å². The first-order chi connectivity index (χ1) is 10.9. The molecule has 1 N–H and O–H groups in total. The van der Waals surface area contributed by atoms with Gasteiger partial charge >= 0.3 is 0 Å². The number of rotatable bonds is 12. The van der Waals surface area contributed by atoms with Crippen LogP contribution in [0.1, 0.15) is 76.7 Å². The molecule has 1 rings (SSSR count). The Kier molecular flexibility index (Phi) is 9.84. The van der Waals surface area contributed by atoms with E-state index in [-0.39, 0.29) is 4.90 Å². The summed E-state index contributed by atoms with van der Waals surface area (Å²) < 4.78 is 31.1. The summed E-state index contributed by atoms with van der Waals surface area (Å²) in [4.78, 5) is -0.144. The molecule has 0 bridgehead atoms. The summed E-state index contributed by atoms with van der Waals surface area (Å²) in [6.45, 7) is 2.24. The zero-order valence-electron chi connectivity index (χ0n) is 14.1. The third-order valence-electron chi connectivity index (χ3n) is 4.12. The van der Waals surface area contributed by atoms with E-state index in [2.05, 4.69) is 6.92 Å². The first kappa shape index (κ1) is 20.5. The van der Waals surface area contributed by atoms with E-state index < -0.39 is 10.1 Å². The molecule has 0 aliphatic rings. The van der Waals surface area contributed by atoms with Gasteiger partial charge in [0.25, 0.3) is 10.1 Å². The normalized spacial score (nSPS) is 11.8. The van der Waals surface area contributed by atoms with E-state index in [9.17, 15) is 8.42 Å². The molecule has 132 valence electrons. The molecule has 23 heavy (non-hydrogen) atoms. The van der Waals surface area contributed by atoms with Crippen molar-refractivity contribution in [3.8, 4) is 0 Å². The van der Waals surface area contributed by atoms with Gasteiger partial charge in [-0.05, 0) is 30.5 Å². The van der Waals surface area contributed by atoms with Crippen LogP contribution in [0.15, 0.2) is 23.1 Å². The van der Waals surface area contributed by atoms with Gasteiger partial charge < -0.3 is 0 Å². The number of unbranched alkanes of at least 4 members (excludes halogenated alkanes) is 9. The lowest BCUT2D eigenvalue weighted by molar-refractivity contribution is 0.483. The van der Waals surface area contributed by atoms with Crippen molar-refractivity contribution in [1.82, 2.24) is 0 Å². The van der Waals surface area contributed by atoms with Crippen molar-refractivity contribution in [1.29, 1.82) is 0 Å². The molecule has 0 aromatic heterocycles. The van der Waals surface area contributed by atoms with Crippen molar-refractivity contribution < 1.29 is 13.0 Å². The molecular formula is C18H29ClO3S. The molecule has 5 heteroatoms. The molecule has 0 atom stereocenters. The largest absolute Gasteiger partial charge is 0.294 e. The first-order valence-electron chi connectivity index (χ1n) is 8.71. The van der Waals surface area contributed by atoms with Crippen LogP contribution in [0.25, 0.3) is 0 Å². The Morgan fingerprint density at radius 2 is 1.43 bits per heavy atom. The van der Waals surface area contributed by atoms with E-state index in [1.54, 1.807) is 6.07 Å². The van der Waals surface area contributed by atoms with Gasteiger partial charge in [-0.15, -0.1) is 0 Å². The van der Waals surface area contributed by atoms with Gasteiger partial charge in [0, 0.05) is 5.02 Å². The second-order valence-electron chi connectivity index (χ2n) is 6.16. The Morgan fingerprint density at radius 3 is 1.91 bits per heavy atom. The lowest BCUT2D eigenvalue weighted by Gasteiger charge is -2.06. The third-order valence-corrected chi connectivity index (χ3v) is 5.32. The van der Waals surface area contributed by atoms with Gasteiger partial charge in [0.15, 0.2) is 0 Å². The summed E-state index contributed by atoms with van der Waals surface area (Å²) in [5.74, 6) is 0. The minimum Gasteiger partial charge on any atom is -0.282 e. The van der Waals surface area contributed by atoms with Crippen LogP contribution in [0.2, 0.25) is 5.02 Å². The Labute approximate surface area is 146 Å². The van der Waals surface area contributed by atoms with Crippen molar-refractivity contribution in [3.05, 3.63) is 28.8 Å². The standard InChI is InChI=1S/C18H29ClO3S/c1-2-3-4-5-6-7-8-9-10-11-12-16-13-14-17(15-18(16)19)23(20,21)22/h13-15H,2-12H2,1H3,(H,20,21,22). The number of hydrogen-bond acceptors (Lipinski definition) is 2. The van der Waals surface area contributed by atoms with Gasteiger partial charge in [-0.3, -0.25) is 4.55 Å². The quantitative estimate of drug-likeness (QED) is 0.364. The maximum atomic E-state index is 11.0. The summed E-state index contributed by atoms with van der Waals surface area (Å²) in [6, 6.07) is 4.43. The molecule has 1 aromatic carbocycles. The Hall–Kier alpha value is -0.580. The summed E-state index contributed by atoms with van der Waals surface area (Å²) in [5, 5.41) is 0.413. The molecule has 0 radical (unpaired) electrons. The highest BCUT2D eigenvalue weighted by atomic mass is 35.5. The third kappa shape index (κ3) is 8.73. The van der Waals surface area contributed by atoms with Gasteiger partial charge in [0.1, 0.15) is 0 Å². The fourth-order valence-corrected chi connectivity index (χ4v) is 3.54. The van der Waals surface area contributed by atoms with Crippen LogP contribution in [0, 0.1) is 0 Å². The van der Waals surface area contributed by atoms with Gasteiger partial charge in [-0.2, -0.15) is 8.42 Å². The minimum atomic E-state index is -4.17. The molecule has 0 fully saturated rings. The van der Waals surface area contributed by atoms with Crippen LogP contribution >= 0.6 is 11.6 Å². The molecule has 0 saturated heterocycles. The zero-order chi connectivity index (χ0) is 17.1. The van der Waals surface area contributed by atoms with Crippen LogP contribution in [0.4, 0.5) is 0 Å². The van der Waals surface area contributed by atoms with Crippen LogP contribution in [-0.4, -0.2) is 13.0 Å². The van der Waals surface area contributed by atoms with Crippen LogP contribution in [-0.2, 0) is 16.5 Å². The van der Waals surface area contributed by atoms with E-state index >= 15 is 0 Å². The number of hydrogen-bond donors (Lipinski definition) is 1. The van der Waals surface area contributed by atoms with Crippen molar-refractivity contribution in [2.45, 2.75) is 82.4 Å².